The van der Waals surface area contributed by atoms with Crippen molar-refractivity contribution in [1.82, 2.24) is 20.2 Å². The molecule has 1 aromatic heterocycles. The summed E-state index contributed by atoms with van der Waals surface area (Å²) in [7, 11) is 1.51. The van der Waals surface area contributed by atoms with E-state index in [0.717, 1.165) is 0 Å². The fourth-order valence-corrected chi connectivity index (χ4v) is 4.31. The molecule has 2 N–H and O–H groups in total. The van der Waals surface area contributed by atoms with Crippen molar-refractivity contribution in [3.05, 3.63) is 46.5 Å². The summed E-state index contributed by atoms with van der Waals surface area (Å²) in [6.45, 7) is 6.14. The number of fused-ring (bicyclic) bond motifs is 1. The molecule has 0 bridgehead atoms. The number of nitrogens with one attached hydrogen (secondary N) is 2. The van der Waals surface area contributed by atoms with E-state index in [4.69, 9.17) is 37.4 Å². The van der Waals surface area contributed by atoms with Gasteiger partial charge < -0.3 is 29.7 Å². The SMILES string of the molecule is CNC(=O)COc1cc2ncnc(Nc3ccc(Cl)c(Cl)c3F)c2cc1OC1CCN(C(=O)OC(C)(C)C)CC1. The van der Waals surface area contributed by atoms with Crippen LogP contribution in [0.25, 0.3) is 10.9 Å². The number of amides is 2. The Bertz CT molecular complexity index is 1410. The fraction of sp³-hybridized carbons (Fsp3) is 0.407. The molecular weight excluding hydrogens is 564 g/mol. The number of hydrogen-bond donors (Lipinski definition) is 2. The summed E-state index contributed by atoms with van der Waals surface area (Å²) in [5.74, 6) is -0.100. The second kappa shape index (κ2) is 12.3. The third-order valence-corrected chi connectivity index (χ3v) is 6.80. The molecule has 40 heavy (non-hydrogen) atoms. The summed E-state index contributed by atoms with van der Waals surface area (Å²) < 4.78 is 32.3. The third kappa shape index (κ3) is 7.14. The maximum Gasteiger partial charge on any atom is 0.410 e. The first-order chi connectivity index (χ1) is 18.9. The Morgan fingerprint density at radius 3 is 2.52 bits per heavy atom. The molecule has 0 saturated carbocycles. The van der Waals surface area contributed by atoms with E-state index >= 15 is 0 Å². The predicted octanol–water partition coefficient (Wildman–Crippen LogP) is 5.72. The van der Waals surface area contributed by atoms with E-state index in [1.807, 2.05) is 20.8 Å². The Morgan fingerprint density at radius 2 is 1.85 bits per heavy atom. The normalized spacial score (nSPS) is 14.1. The van der Waals surface area contributed by atoms with Crippen molar-refractivity contribution < 1.29 is 28.2 Å². The van der Waals surface area contributed by atoms with Crippen LogP contribution in [-0.2, 0) is 9.53 Å². The Hall–Kier alpha value is -3.57. The average Bonchev–Trinajstić information content (AvgIpc) is 2.91. The van der Waals surface area contributed by atoms with Gasteiger partial charge in [0, 0.05) is 44.4 Å². The fourth-order valence-electron chi connectivity index (χ4n) is 4.00. The summed E-state index contributed by atoms with van der Waals surface area (Å²) in [5, 5.41) is 5.84. The van der Waals surface area contributed by atoms with Gasteiger partial charge in [-0.3, -0.25) is 4.79 Å². The zero-order chi connectivity index (χ0) is 29.0. The van der Waals surface area contributed by atoms with Crippen LogP contribution < -0.4 is 20.1 Å². The lowest BCUT2D eigenvalue weighted by atomic mass is 10.1. The smallest absolute Gasteiger partial charge is 0.410 e. The minimum atomic E-state index is -0.723. The maximum atomic E-state index is 14.7. The first-order valence-electron chi connectivity index (χ1n) is 12.6. The van der Waals surface area contributed by atoms with Gasteiger partial charge in [-0.1, -0.05) is 23.2 Å². The topological polar surface area (TPSA) is 115 Å². The van der Waals surface area contributed by atoms with E-state index in [2.05, 4.69) is 20.6 Å². The molecule has 3 aromatic rings. The summed E-state index contributed by atoms with van der Waals surface area (Å²) in [4.78, 5) is 34.6. The van der Waals surface area contributed by atoms with Gasteiger partial charge in [-0.2, -0.15) is 0 Å². The Morgan fingerprint density at radius 1 is 1.12 bits per heavy atom. The molecule has 0 aliphatic carbocycles. The molecule has 2 heterocycles. The van der Waals surface area contributed by atoms with Gasteiger partial charge in [0.15, 0.2) is 23.9 Å². The van der Waals surface area contributed by atoms with Gasteiger partial charge in [0.05, 0.1) is 21.2 Å². The summed E-state index contributed by atoms with van der Waals surface area (Å²) >= 11 is 11.9. The van der Waals surface area contributed by atoms with Crippen LogP contribution in [0.2, 0.25) is 10.0 Å². The zero-order valence-corrected chi connectivity index (χ0v) is 24.0. The number of carbonyl (C=O) groups excluding carboxylic acids is 2. The van der Waals surface area contributed by atoms with Crippen LogP contribution in [0.15, 0.2) is 30.6 Å². The summed E-state index contributed by atoms with van der Waals surface area (Å²) in [6.07, 6.45) is 1.81. The molecule has 0 unspecified atom stereocenters. The number of anilines is 2. The first kappa shape index (κ1) is 29.4. The Balaban J connectivity index is 1.60. The van der Waals surface area contributed by atoms with Crippen LogP contribution in [0.5, 0.6) is 11.5 Å². The highest BCUT2D eigenvalue weighted by Gasteiger charge is 2.28. The molecule has 13 heteroatoms. The zero-order valence-electron chi connectivity index (χ0n) is 22.5. The number of likely N-dealkylation sites (N-methyl/N-ethyl adjacent to an activating group) is 1. The molecule has 214 valence electrons. The van der Waals surface area contributed by atoms with Crippen LogP contribution in [0.1, 0.15) is 33.6 Å². The third-order valence-electron chi connectivity index (χ3n) is 6.01. The number of benzene rings is 2. The van der Waals surface area contributed by atoms with Gasteiger partial charge in [0.2, 0.25) is 0 Å². The summed E-state index contributed by atoms with van der Waals surface area (Å²) in [5.41, 5.74) is -0.0380. The quantitative estimate of drug-likeness (QED) is 0.334. The van der Waals surface area contributed by atoms with E-state index < -0.39 is 11.4 Å². The molecule has 1 fully saturated rings. The first-order valence-corrected chi connectivity index (χ1v) is 13.4. The molecule has 1 aliphatic rings. The number of likely N-dealkylation sites (tertiary alicyclic amines) is 1. The van der Waals surface area contributed by atoms with Crippen LogP contribution >= 0.6 is 23.2 Å². The van der Waals surface area contributed by atoms with Gasteiger partial charge in [-0.25, -0.2) is 19.2 Å². The second-order valence-electron chi connectivity index (χ2n) is 10.1. The molecule has 0 atom stereocenters. The molecule has 4 rings (SSSR count). The Labute approximate surface area is 241 Å². The predicted molar refractivity (Wildman–Crippen MR) is 150 cm³/mol. The molecule has 10 nitrogen and oxygen atoms in total. The number of hydrogen-bond acceptors (Lipinski definition) is 8. The molecule has 2 amide bonds. The number of halogens is 3. The Kier molecular flexibility index (Phi) is 9.05. The van der Waals surface area contributed by atoms with E-state index in [0.29, 0.717) is 54.2 Å². The number of ether oxygens (including phenoxy) is 3. The maximum absolute atomic E-state index is 14.7. The largest absolute Gasteiger partial charge is 0.486 e. The number of nitrogens with zero attached hydrogens (tertiary/aromatic N) is 3. The van der Waals surface area contributed by atoms with Crippen molar-refractivity contribution in [2.75, 3.05) is 32.1 Å². The molecule has 1 saturated heterocycles. The van der Waals surface area contributed by atoms with Gasteiger partial charge >= 0.3 is 6.09 Å². The highest BCUT2D eigenvalue weighted by molar-refractivity contribution is 6.42. The molecular formula is C27H30Cl2FN5O5. The van der Waals surface area contributed by atoms with Crippen LogP contribution in [0.4, 0.5) is 20.7 Å². The van der Waals surface area contributed by atoms with Crippen molar-refractivity contribution in [2.45, 2.75) is 45.3 Å². The number of aromatic nitrogens is 2. The lowest BCUT2D eigenvalue weighted by molar-refractivity contribution is -0.122. The average molecular weight is 594 g/mol. The van der Waals surface area contributed by atoms with E-state index in [1.54, 1.807) is 17.0 Å². The van der Waals surface area contributed by atoms with Gasteiger partial charge in [-0.05, 0) is 39.0 Å². The molecule has 0 spiro atoms. The monoisotopic (exact) mass is 593 g/mol. The van der Waals surface area contributed by atoms with Gasteiger partial charge in [0.25, 0.3) is 5.91 Å². The van der Waals surface area contributed by atoms with E-state index in [9.17, 15) is 14.0 Å². The highest BCUT2D eigenvalue weighted by atomic mass is 35.5. The van der Waals surface area contributed by atoms with E-state index in [-0.39, 0.29) is 40.4 Å². The standard InChI is InChI=1S/C27H30Cl2FN5O5/c1-27(2,3)40-26(37)35-9-7-15(8-10-35)39-21-11-16-19(12-20(21)38-13-22(36)31-4)32-14-33-25(16)34-18-6-5-17(28)23(29)24(18)30/h5-6,11-12,14-15H,7-10,13H2,1-4H3,(H,31,36)(H,32,33,34). The summed E-state index contributed by atoms with van der Waals surface area (Å²) in [6, 6.07) is 6.23. The minimum absolute atomic E-state index is 0.0753. The number of rotatable bonds is 7. The number of piperidine rings is 1. The van der Waals surface area contributed by atoms with E-state index in [1.165, 1.54) is 25.5 Å². The lowest BCUT2D eigenvalue weighted by Crippen LogP contribution is -2.44. The van der Waals surface area contributed by atoms with Crippen molar-refractivity contribution >= 4 is 57.6 Å². The van der Waals surface area contributed by atoms with Crippen molar-refractivity contribution in [3.8, 4) is 11.5 Å². The van der Waals surface area contributed by atoms with Crippen molar-refractivity contribution in [3.63, 3.8) is 0 Å². The van der Waals surface area contributed by atoms with Gasteiger partial charge in [0.1, 0.15) is 23.9 Å². The van der Waals surface area contributed by atoms with Crippen LogP contribution in [-0.4, -0.2) is 65.3 Å². The van der Waals surface area contributed by atoms with Crippen molar-refractivity contribution in [2.24, 2.45) is 0 Å². The highest BCUT2D eigenvalue weighted by Crippen LogP contribution is 2.38. The molecule has 2 aromatic carbocycles. The molecule has 0 radical (unpaired) electrons. The van der Waals surface area contributed by atoms with Crippen LogP contribution in [0.3, 0.4) is 0 Å². The van der Waals surface area contributed by atoms with Crippen LogP contribution in [0, 0.1) is 5.82 Å². The lowest BCUT2D eigenvalue weighted by Gasteiger charge is -2.33. The molecule has 1 aliphatic heterocycles. The second-order valence-corrected chi connectivity index (χ2v) is 10.9. The van der Waals surface area contributed by atoms with Gasteiger partial charge in [-0.15, -0.1) is 0 Å². The minimum Gasteiger partial charge on any atom is -0.486 e. The number of carbonyl (C=O) groups is 2. The van der Waals surface area contributed by atoms with Crippen molar-refractivity contribution in [1.29, 1.82) is 0 Å².